The van der Waals surface area contributed by atoms with E-state index in [1.165, 1.54) is 12.1 Å². The van der Waals surface area contributed by atoms with E-state index in [0.29, 0.717) is 22.9 Å². The van der Waals surface area contributed by atoms with Crippen molar-refractivity contribution >= 4 is 21.4 Å². The van der Waals surface area contributed by atoms with Crippen LogP contribution in [0.25, 0.3) is 0 Å². The van der Waals surface area contributed by atoms with Crippen molar-refractivity contribution in [2.45, 2.75) is 17.9 Å². The van der Waals surface area contributed by atoms with Crippen LogP contribution in [0.4, 0.5) is 0 Å². The maximum absolute atomic E-state index is 12.0. The average Bonchev–Trinajstić information content (AvgIpc) is 2.82. The van der Waals surface area contributed by atoms with Gasteiger partial charge < -0.3 is 0 Å². The molecule has 1 aromatic carbocycles. The number of hydrogen-bond donors (Lipinski definition) is 0. The van der Waals surface area contributed by atoms with Crippen LogP contribution < -0.4 is 0 Å². The molecule has 0 radical (unpaired) electrons. The summed E-state index contributed by atoms with van der Waals surface area (Å²) in [6.45, 7) is 0.597. The summed E-state index contributed by atoms with van der Waals surface area (Å²) in [6.07, 6.45) is 4.02. The Bertz CT molecular complexity index is 592. The highest BCUT2D eigenvalue weighted by molar-refractivity contribution is 7.91. The molecule has 0 fully saturated rings. The van der Waals surface area contributed by atoms with Crippen molar-refractivity contribution in [1.29, 1.82) is 0 Å². The number of halogens is 1. The first-order chi connectivity index (χ1) is 8.58. The third kappa shape index (κ3) is 3.34. The van der Waals surface area contributed by atoms with E-state index in [9.17, 15) is 8.42 Å². The molecule has 0 amide bonds. The highest BCUT2D eigenvalue weighted by Crippen LogP contribution is 2.16. The quantitative estimate of drug-likeness (QED) is 0.847. The Balaban J connectivity index is 1.97. The van der Waals surface area contributed by atoms with E-state index in [1.807, 2.05) is 12.3 Å². The smallest absolute Gasteiger partial charge is 0.178 e. The molecule has 2 rings (SSSR count). The van der Waals surface area contributed by atoms with Gasteiger partial charge in [0.05, 0.1) is 10.6 Å². The Kier molecular flexibility index (Phi) is 4.04. The molecule has 0 aliphatic heterocycles. The molecule has 0 saturated carbocycles. The Morgan fingerprint density at radius 3 is 2.56 bits per heavy atom. The number of benzene rings is 1. The van der Waals surface area contributed by atoms with E-state index in [0.717, 1.165) is 0 Å². The molecule has 0 unspecified atom stereocenters. The fraction of sp³-hybridized carbons (Fsp3) is 0.250. The molecule has 4 nitrogen and oxygen atoms in total. The van der Waals surface area contributed by atoms with Crippen LogP contribution >= 0.6 is 11.6 Å². The molecular weight excluding hydrogens is 272 g/mol. The van der Waals surface area contributed by atoms with Crippen LogP contribution in [0.1, 0.15) is 6.42 Å². The highest BCUT2D eigenvalue weighted by Gasteiger charge is 2.13. The van der Waals surface area contributed by atoms with E-state index < -0.39 is 9.84 Å². The minimum absolute atomic E-state index is 0.106. The first-order valence-electron chi connectivity index (χ1n) is 5.54. The lowest BCUT2D eigenvalue weighted by molar-refractivity contribution is 0.572. The maximum atomic E-state index is 12.0. The van der Waals surface area contributed by atoms with Crippen molar-refractivity contribution < 1.29 is 8.42 Å². The second-order valence-electron chi connectivity index (χ2n) is 3.90. The number of aryl methyl sites for hydroxylation is 1. The van der Waals surface area contributed by atoms with Crippen molar-refractivity contribution in [1.82, 2.24) is 9.78 Å². The Hall–Kier alpha value is -1.33. The Labute approximate surface area is 111 Å². The molecule has 0 atom stereocenters. The highest BCUT2D eigenvalue weighted by atomic mass is 35.5. The topological polar surface area (TPSA) is 52.0 Å². The molecule has 0 aliphatic carbocycles. The first kappa shape index (κ1) is 13.1. The van der Waals surface area contributed by atoms with E-state index in [1.54, 1.807) is 23.0 Å². The van der Waals surface area contributed by atoms with Gasteiger partial charge in [-0.25, -0.2) is 8.42 Å². The summed E-state index contributed by atoms with van der Waals surface area (Å²) in [7, 11) is -3.23. The standard InChI is InChI=1S/C12H13ClN2O2S/c13-11-3-5-12(6-4-11)18(16,17)10-2-9-15-8-1-7-14-15/h1,3-8H,2,9-10H2. The molecule has 0 aliphatic rings. The third-order valence-electron chi connectivity index (χ3n) is 2.53. The van der Waals surface area contributed by atoms with E-state index in [2.05, 4.69) is 5.10 Å². The second kappa shape index (κ2) is 5.54. The van der Waals surface area contributed by atoms with Crippen molar-refractivity contribution in [3.63, 3.8) is 0 Å². The molecular formula is C12H13ClN2O2S. The van der Waals surface area contributed by atoms with Crippen LogP contribution in [-0.2, 0) is 16.4 Å². The van der Waals surface area contributed by atoms with Gasteiger partial charge in [0.15, 0.2) is 9.84 Å². The lowest BCUT2D eigenvalue weighted by Gasteiger charge is -2.05. The molecule has 2 aromatic rings. The SMILES string of the molecule is O=S(=O)(CCCn1cccn1)c1ccc(Cl)cc1. The zero-order valence-electron chi connectivity index (χ0n) is 9.66. The summed E-state index contributed by atoms with van der Waals surface area (Å²) < 4.78 is 25.7. The van der Waals surface area contributed by atoms with Crippen molar-refractivity contribution in [3.8, 4) is 0 Å². The van der Waals surface area contributed by atoms with E-state index in [4.69, 9.17) is 11.6 Å². The van der Waals surface area contributed by atoms with Gasteiger partial charge in [-0.15, -0.1) is 0 Å². The number of rotatable bonds is 5. The fourth-order valence-electron chi connectivity index (χ4n) is 1.61. The zero-order chi connectivity index (χ0) is 13.0. The maximum Gasteiger partial charge on any atom is 0.178 e. The predicted octanol–water partition coefficient (Wildman–Crippen LogP) is 2.40. The van der Waals surface area contributed by atoms with Gasteiger partial charge in [0.2, 0.25) is 0 Å². The minimum atomic E-state index is -3.23. The summed E-state index contributed by atoms with van der Waals surface area (Å²) in [5, 5.41) is 4.56. The normalized spacial score (nSPS) is 11.6. The molecule has 1 aromatic heterocycles. The molecule has 0 spiro atoms. The number of aromatic nitrogens is 2. The van der Waals surface area contributed by atoms with Gasteiger partial charge in [0.1, 0.15) is 0 Å². The van der Waals surface area contributed by atoms with Gasteiger partial charge in [-0.1, -0.05) is 11.6 Å². The summed E-state index contributed by atoms with van der Waals surface area (Å²) in [6, 6.07) is 8.05. The minimum Gasteiger partial charge on any atom is -0.273 e. The summed E-state index contributed by atoms with van der Waals surface area (Å²) in [4.78, 5) is 0.312. The Morgan fingerprint density at radius 2 is 1.94 bits per heavy atom. The van der Waals surface area contributed by atoms with Crippen molar-refractivity contribution in [2.24, 2.45) is 0 Å². The summed E-state index contributed by atoms with van der Waals surface area (Å²) >= 11 is 5.73. The lowest BCUT2D eigenvalue weighted by atomic mass is 10.4. The van der Waals surface area contributed by atoms with Crippen LogP contribution in [0.5, 0.6) is 0 Å². The van der Waals surface area contributed by atoms with Gasteiger partial charge in [-0.3, -0.25) is 4.68 Å². The molecule has 0 saturated heterocycles. The number of hydrogen-bond acceptors (Lipinski definition) is 3. The largest absolute Gasteiger partial charge is 0.273 e. The van der Waals surface area contributed by atoms with Crippen LogP contribution in [0.2, 0.25) is 5.02 Å². The Morgan fingerprint density at radius 1 is 1.22 bits per heavy atom. The molecule has 1 heterocycles. The summed E-state index contributed by atoms with van der Waals surface area (Å²) in [5.41, 5.74) is 0. The lowest BCUT2D eigenvalue weighted by Crippen LogP contribution is -2.10. The van der Waals surface area contributed by atoms with Crippen LogP contribution in [0.15, 0.2) is 47.6 Å². The molecule has 0 N–H and O–H groups in total. The molecule has 18 heavy (non-hydrogen) atoms. The summed E-state index contributed by atoms with van der Waals surface area (Å²) in [5.74, 6) is 0.106. The van der Waals surface area contributed by atoms with Gasteiger partial charge in [-0.2, -0.15) is 5.10 Å². The average molecular weight is 285 g/mol. The predicted molar refractivity (Wildman–Crippen MR) is 70.3 cm³/mol. The van der Waals surface area contributed by atoms with E-state index >= 15 is 0 Å². The van der Waals surface area contributed by atoms with E-state index in [-0.39, 0.29) is 5.75 Å². The number of sulfone groups is 1. The number of nitrogens with zero attached hydrogens (tertiary/aromatic N) is 2. The van der Waals surface area contributed by atoms with Gasteiger partial charge in [0, 0.05) is 24.0 Å². The first-order valence-corrected chi connectivity index (χ1v) is 7.57. The molecule has 96 valence electrons. The van der Waals surface area contributed by atoms with Gasteiger partial charge >= 0.3 is 0 Å². The zero-order valence-corrected chi connectivity index (χ0v) is 11.2. The van der Waals surface area contributed by atoms with Crippen LogP contribution in [0.3, 0.4) is 0 Å². The van der Waals surface area contributed by atoms with Crippen LogP contribution in [-0.4, -0.2) is 24.0 Å². The van der Waals surface area contributed by atoms with Gasteiger partial charge in [-0.05, 0) is 36.8 Å². The molecule has 6 heteroatoms. The third-order valence-corrected chi connectivity index (χ3v) is 4.60. The monoisotopic (exact) mass is 284 g/mol. The van der Waals surface area contributed by atoms with Crippen molar-refractivity contribution in [3.05, 3.63) is 47.7 Å². The van der Waals surface area contributed by atoms with Crippen molar-refractivity contribution in [2.75, 3.05) is 5.75 Å². The second-order valence-corrected chi connectivity index (χ2v) is 6.44. The van der Waals surface area contributed by atoms with Crippen LogP contribution in [0, 0.1) is 0 Å². The molecule has 0 bridgehead atoms. The van der Waals surface area contributed by atoms with Gasteiger partial charge in [0.25, 0.3) is 0 Å². The fourth-order valence-corrected chi connectivity index (χ4v) is 3.03.